The molecule has 1 heterocycles. The maximum Gasteiger partial charge on any atom is 0.305 e. The van der Waals surface area contributed by atoms with Crippen molar-refractivity contribution in [3.63, 3.8) is 0 Å². The predicted molar refractivity (Wildman–Crippen MR) is 151 cm³/mol. The van der Waals surface area contributed by atoms with Gasteiger partial charge in [-0.3, -0.25) is 19.2 Å². The summed E-state index contributed by atoms with van der Waals surface area (Å²) in [6.45, 7) is 5.84. The first kappa shape index (κ1) is 31.8. The Morgan fingerprint density at radius 3 is 2.28 bits per heavy atom. The zero-order chi connectivity index (χ0) is 28.9. The predicted octanol–water partition coefficient (Wildman–Crippen LogP) is 3.87. The lowest BCUT2D eigenvalue weighted by Crippen LogP contribution is -2.53. The molecule has 0 aliphatic heterocycles. The number of hydrogen-bond donors (Lipinski definition) is 5. The highest BCUT2D eigenvalue weighted by Gasteiger charge is 2.26. The maximum absolute atomic E-state index is 13.2. The number of aliphatic carboxylic acids is 1. The fourth-order valence-corrected chi connectivity index (χ4v) is 4.16. The van der Waals surface area contributed by atoms with Crippen LogP contribution in [0.5, 0.6) is 0 Å². The van der Waals surface area contributed by atoms with E-state index in [1.165, 1.54) is 18.2 Å². The zero-order valence-electron chi connectivity index (χ0n) is 22.2. The van der Waals surface area contributed by atoms with E-state index in [1.807, 2.05) is 19.1 Å². The number of aryl methyl sites for hydroxylation is 1. The second-order valence-corrected chi connectivity index (χ2v) is 10.4. The van der Waals surface area contributed by atoms with E-state index in [0.29, 0.717) is 24.9 Å². The van der Waals surface area contributed by atoms with E-state index in [-0.39, 0.29) is 40.7 Å². The summed E-state index contributed by atoms with van der Waals surface area (Å²) >= 11 is 12.1. The number of benzene rings is 1. The van der Waals surface area contributed by atoms with Crippen molar-refractivity contribution in [2.75, 3.05) is 18.4 Å². The number of aromatic nitrogens is 1. The molecule has 0 saturated heterocycles. The summed E-state index contributed by atoms with van der Waals surface area (Å²) < 4.78 is 0. The summed E-state index contributed by atoms with van der Waals surface area (Å²) in [6, 6.07) is 6.25. The monoisotopic (exact) mass is 579 g/mol. The minimum Gasteiger partial charge on any atom is -0.481 e. The number of carboxylic acid groups (broad SMARTS) is 1. The Hall–Kier alpha value is -3.37. The van der Waals surface area contributed by atoms with Crippen molar-refractivity contribution in [3.05, 3.63) is 57.7 Å². The third-order valence-corrected chi connectivity index (χ3v) is 6.13. The summed E-state index contributed by atoms with van der Waals surface area (Å²) in [4.78, 5) is 53.7. The Morgan fingerprint density at radius 2 is 1.67 bits per heavy atom. The molecule has 0 aliphatic rings. The molecule has 0 radical (unpaired) electrons. The van der Waals surface area contributed by atoms with Crippen LogP contribution in [-0.2, 0) is 19.2 Å². The smallest absolute Gasteiger partial charge is 0.305 e. The lowest BCUT2D eigenvalue weighted by Gasteiger charge is -2.24. The van der Waals surface area contributed by atoms with Crippen molar-refractivity contribution in [1.29, 1.82) is 0 Å². The van der Waals surface area contributed by atoms with Crippen molar-refractivity contribution in [2.45, 2.75) is 58.5 Å². The van der Waals surface area contributed by atoms with Gasteiger partial charge in [-0.15, -0.1) is 0 Å². The zero-order valence-corrected chi connectivity index (χ0v) is 23.7. The SMILES string of the molecule is Cc1ccnc(NCCCCC(=O)N[C@@H](CNC(=O)C(C)C)C(=O)N[C@@H](CC(=O)O)c2cc(Cl)cc(Cl)c2)c1. The van der Waals surface area contributed by atoms with Crippen LogP contribution in [0, 0.1) is 12.8 Å². The van der Waals surface area contributed by atoms with Gasteiger partial charge in [0.25, 0.3) is 0 Å². The van der Waals surface area contributed by atoms with Crippen LogP contribution in [0.25, 0.3) is 0 Å². The van der Waals surface area contributed by atoms with Crippen molar-refractivity contribution >= 4 is 52.7 Å². The van der Waals surface area contributed by atoms with Gasteiger partial charge in [-0.05, 0) is 61.2 Å². The van der Waals surface area contributed by atoms with Crippen molar-refractivity contribution < 1.29 is 24.3 Å². The molecule has 10 nitrogen and oxygen atoms in total. The van der Waals surface area contributed by atoms with Gasteiger partial charge in [0.1, 0.15) is 11.9 Å². The van der Waals surface area contributed by atoms with Crippen LogP contribution in [0.2, 0.25) is 10.0 Å². The van der Waals surface area contributed by atoms with Crippen LogP contribution in [0.4, 0.5) is 5.82 Å². The van der Waals surface area contributed by atoms with E-state index in [9.17, 15) is 24.3 Å². The van der Waals surface area contributed by atoms with E-state index in [4.69, 9.17) is 23.2 Å². The molecule has 0 bridgehead atoms. The number of carboxylic acids is 1. The first-order chi connectivity index (χ1) is 18.4. The Labute approximate surface area is 238 Å². The van der Waals surface area contributed by atoms with Gasteiger partial charge >= 0.3 is 5.97 Å². The molecule has 0 aliphatic carbocycles. The molecule has 1 aromatic heterocycles. The van der Waals surface area contributed by atoms with Crippen LogP contribution >= 0.6 is 23.2 Å². The number of nitrogens with one attached hydrogen (secondary N) is 4. The lowest BCUT2D eigenvalue weighted by atomic mass is 10.0. The number of hydrogen-bond acceptors (Lipinski definition) is 6. The molecule has 2 aromatic rings. The molecule has 212 valence electrons. The quantitative estimate of drug-likeness (QED) is 0.201. The van der Waals surface area contributed by atoms with Gasteiger partial charge in [0.2, 0.25) is 17.7 Å². The van der Waals surface area contributed by atoms with Gasteiger partial charge in [-0.1, -0.05) is 37.0 Å². The van der Waals surface area contributed by atoms with Crippen LogP contribution < -0.4 is 21.3 Å². The number of anilines is 1. The minimum atomic E-state index is -1.15. The van der Waals surface area contributed by atoms with Gasteiger partial charge in [0.15, 0.2) is 0 Å². The summed E-state index contributed by atoms with van der Waals surface area (Å²) in [5.41, 5.74) is 1.49. The van der Waals surface area contributed by atoms with Crippen LogP contribution in [0.1, 0.15) is 56.7 Å². The van der Waals surface area contributed by atoms with Crippen LogP contribution in [0.3, 0.4) is 0 Å². The van der Waals surface area contributed by atoms with Crippen molar-refractivity contribution in [1.82, 2.24) is 20.9 Å². The highest BCUT2D eigenvalue weighted by Crippen LogP contribution is 2.25. The fourth-order valence-electron chi connectivity index (χ4n) is 3.62. The highest BCUT2D eigenvalue weighted by atomic mass is 35.5. The number of carbonyl (C=O) groups is 4. The fraction of sp³-hybridized carbons (Fsp3) is 0.444. The molecule has 1 aromatic carbocycles. The molecule has 2 atom stereocenters. The molecule has 0 unspecified atom stereocenters. The number of halogens is 2. The van der Waals surface area contributed by atoms with Gasteiger partial charge in [0.05, 0.1) is 12.5 Å². The third-order valence-electron chi connectivity index (χ3n) is 5.69. The van der Waals surface area contributed by atoms with E-state index in [0.717, 1.165) is 11.4 Å². The second-order valence-electron chi connectivity index (χ2n) is 9.48. The van der Waals surface area contributed by atoms with Gasteiger partial charge in [-0.25, -0.2) is 4.98 Å². The molecule has 3 amide bonds. The number of rotatable bonds is 15. The molecule has 5 N–H and O–H groups in total. The topological polar surface area (TPSA) is 150 Å². The third kappa shape index (κ3) is 11.9. The number of pyridine rings is 1. The molecular weight excluding hydrogens is 545 g/mol. The molecule has 0 fully saturated rings. The first-order valence-electron chi connectivity index (χ1n) is 12.7. The molecule has 12 heteroatoms. The van der Waals surface area contributed by atoms with Gasteiger partial charge in [0, 0.05) is 41.7 Å². The summed E-state index contributed by atoms with van der Waals surface area (Å²) in [5.74, 6) is -2.03. The highest BCUT2D eigenvalue weighted by molar-refractivity contribution is 6.34. The summed E-state index contributed by atoms with van der Waals surface area (Å²) in [5, 5.41) is 21.1. The lowest BCUT2D eigenvalue weighted by molar-refractivity contribution is -0.138. The number of unbranched alkanes of at least 4 members (excludes halogenated alkanes) is 1. The minimum absolute atomic E-state index is 0.160. The van der Waals surface area contributed by atoms with E-state index in [2.05, 4.69) is 26.3 Å². The molecule has 0 spiro atoms. The Bertz CT molecular complexity index is 1140. The average Bonchev–Trinajstić information content (AvgIpc) is 2.84. The molecule has 0 saturated carbocycles. The maximum atomic E-state index is 13.2. The largest absolute Gasteiger partial charge is 0.481 e. The Balaban J connectivity index is 2.02. The average molecular weight is 581 g/mol. The Morgan fingerprint density at radius 1 is 0.974 bits per heavy atom. The molecule has 39 heavy (non-hydrogen) atoms. The van der Waals surface area contributed by atoms with Crippen LogP contribution in [0.15, 0.2) is 36.5 Å². The molecular formula is C27H35Cl2N5O5. The van der Waals surface area contributed by atoms with E-state index in [1.54, 1.807) is 20.0 Å². The van der Waals surface area contributed by atoms with Gasteiger partial charge < -0.3 is 26.4 Å². The van der Waals surface area contributed by atoms with Crippen molar-refractivity contribution in [3.8, 4) is 0 Å². The van der Waals surface area contributed by atoms with Crippen LogP contribution in [-0.4, -0.2) is 52.9 Å². The van der Waals surface area contributed by atoms with Gasteiger partial charge in [-0.2, -0.15) is 0 Å². The number of nitrogens with zero attached hydrogens (tertiary/aromatic N) is 1. The molecule has 2 rings (SSSR count). The van der Waals surface area contributed by atoms with E-state index >= 15 is 0 Å². The normalized spacial score (nSPS) is 12.4. The summed E-state index contributed by atoms with van der Waals surface area (Å²) in [7, 11) is 0. The number of amides is 3. The Kier molecular flexibility index (Phi) is 13.0. The summed E-state index contributed by atoms with van der Waals surface area (Å²) in [6.07, 6.45) is 2.69. The number of carbonyl (C=O) groups excluding carboxylic acids is 3. The standard InChI is InChI=1S/C27H35Cl2N5O5/c1-16(2)26(38)32-15-22(33-24(35)6-4-5-8-30-23-10-17(3)7-9-31-23)27(39)34-21(14-25(36)37)18-11-19(28)13-20(29)12-18/h7,9-13,16,21-22H,4-6,8,14-15H2,1-3H3,(H,30,31)(H,32,38)(H,33,35)(H,34,39)(H,36,37)/t21-,22-/m0/s1. The van der Waals surface area contributed by atoms with E-state index < -0.39 is 30.4 Å². The second kappa shape index (κ2) is 15.9. The van der Waals surface area contributed by atoms with Crippen molar-refractivity contribution in [2.24, 2.45) is 5.92 Å². The first-order valence-corrected chi connectivity index (χ1v) is 13.4.